The van der Waals surface area contributed by atoms with Gasteiger partial charge in [0.15, 0.2) is 0 Å². The Labute approximate surface area is 141 Å². The molecule has 2 atom stereocenters. The third-order valence-corrected chi connectivity index (χ3v) is 4.66. The first-order valence-corrected chi connectivity index (χ1v) is 8.42. The summed E-state index contributed by atoms with van der Waals surface area (Å²) in [5, 5.41) is 17.5. The van der Waals surface area contributed by atoms with Gasteiger partial charge < -0.3 is 10.1 Å². The number of carbonyl (C=O) groups is 1. The number of nitrogens with one attached hydrogen (secondary N) is 1. The minimum atomic E-state index is -1.01. The van der Waals surface area contributed by atoms with Gasteiger partial charge in [0.25, 0.3) is 0 Å². The van der Waals surface area contributed by atoms with Gasteiger partial charge in [-0.25, -0.2) is 0 Å². The van der Waals surface area contributed by atoms with Crippen LogP contribution in [0.25, 0.3) is 0 Å². The number of amides is 1. The van der Waals surface area contributed by atoms with Crippen molar-refractivity contribution >= 4 is 11.6 Å². The highest BCUT2D eigenvalue weighted by Crippen LogP contribution is 2.26. The molecule has 8 nitrogen and oxygen atoms in total. The Morgan fingerprint density at radius 2 is 2.21 bits per heavy atom. The first-order chi connectivity index (χ1) is 11.3. The fraction of sp³-hybridized carbons (Fsp3) is 0.750. The topological polar surface area (TPSA) is 99.3 Å². The van der Waals surface area contributed by atoms with Gasteiger partial charge in [0.2, 0.25) is 5.91 Å². The molecule has 1 aliphatic carbocycles. The Balaban J connectivity index is 1.81. The molecule has 1 saturated carbocycles. The van der Waals surface area contributed by atoms with Crippen molar-refractivity contribution in [3.63, 3.8) is 0 Å². The number of nitrogens with zero attached hydrogens (tertiary/aromatic N) is 3. The average Bonchev–Trinajstić information content (AvgIpc) is 3.04. The number of hydrogen-bond donors (Lipinski definition) is 1. The second-order valence-electron chi connectivity index (χ2n) is 6.89. The van der Waals surface area contributed by atoms with Gasteiger partial charge in [-0.05, 0) is 32.6 Å². The number of nitro groups is 1. The molecule has 0 aliphatic heterocycles. The monoisotopic (exact) mass is 338 g/mol. The van der Waals surface area contributed by atoms with Crippen molar-refractivity contribution in [2.75, 3.05) is 13.2 Å². The third kappa shape index (κ3) is 4.31. The molecule has 8 heteroatoms. The number of carbonyl (C=O) groups excluding carboxylic acids is 1. The molecule has 1 N–H and O–H groups in total. The molecular formula is C16H26N4O4. The van der Waals surface area contributed by atoms with E-state index in [1.54, 1.807) is 13.8 Å². The summed E-state index contributed by atoms with van der Waals surface area (Å²) >= 11 is 0. The average molecular weight is 338 g/mol. The Kier molecular flexibility index (Phi) is 5.93. The molecule has 134 valence electrons. The van der Waals surface area contributed by atoms with Crippen molar-refractivity contribution < 1.29 is 14.5 Å². The minimum absolute atomic E-state index is 0.134. The molecule has 0 aromatic carbocycles. The van der Waals surface area contributed by atoms with Crippen LogP contribution in [0.4, 0.5) is 5.69 Å². The van der Waals surface area contributed by atoms with Crippen LogP contribution in [0, 0.1) is 16.0 Å². The summed E-state index contributed by atoms with van der Waals surface area (Å²) in [6.45, 7) is 6.42. The van der Waals surface area contributed by atoms with Crippen molar-refractivity contribution in [1.82, 2.24) is 15.1 Å². The van der Waals surface area contributed by atoms with Gasteiger partial charge >= 0.3 is 5.69 Å². The molecule has 24 heavy (non-hydrogen) atoms. The van der Waals surface area contributed by atoms with E-state index in [9.17, 15) is 14.9 Å². The van der Waals surface area contributed by atoms with Gasteiger partial charge in [-0.3, -0.25) is 19.6 Å². The molecule has 1 aliphatic rings. The van der Waals surface area contributed by atoms with E-state index in [1.165, 1.54) is 30.1 Å². The minimum Gasteiger partial charge on any atom is -0.376 e. The van der Waals surface area contributed by atoms with Crippen LogP contribution >= 0.6 is 0 Å². The summed E-state index contributed by atoms with van der Waals surface area (Å²) in [6.07, 6.45) is 7.42. The summed E-state index contributed by atoms with van der Waals surface area (Å²) in [6, 6.07) is 0. The van der Waals surface area contributed by atoms with Crippen molar-refractivity contribution in [2.24, 2.45) is 5.92 Å². The molecule has 0 saturated heterocycles. The first kappa shape index (κ1) is 18.4. The predicted octanol–water partition coefficient (Wildman–Crippen LogP) is 2.24. The molecule has 1 amide bonds. The van der Waals surface area contributed by atoms with Crippen LogP contribution in [-0.2, 0) is 15.1 Å². The second-order valence-corrected chi connectivity index (χ2v) is 6.89. The lowest BCUT2D eigenvalue weighted by atomic mass is 9.88. The van der Waals surface area contributed by atoms with Crippen LogP contribution in [0.2, 0.25) is 0 Å². The van der Waals surface area contributed by atoms with E-state index >= 15 is 0 Å². The zero-order valence-electron chi connectivity index (χ0n) is 14.5. The predicted molar refractivity (Wildman–Crippen MR) is 88.6 cm³/mol. The van der Waals surface area contributed by atoms with Crippen molar-refractivity contribution in [1.29, 1.82) is 0 Å². The van der Waals surface area contributed by atoms with Crippen LogP contribution in [0.15, 0.2) is 12.4 Å². The van der Waals surface area contributed by atoms with Crippen LogP contribution in [0.5, 0.6) is 0 Å². The molecule has 0 spiro atoms. The summed E-state index contributed by atoms with van der Waals surface area (Å²) in [7, 11) is 0. The lowest BCUT2D eigenvalue weighted by Gasteiger charge is -2.29. The van der Waals surface area contributed by atoms with Crippen LogP contribution in [0.1, 0.15) is 46.5 Å². The van der Waals surface area contributed by atoms with E-state index in [0.717, 1.165) is 12.6 Å². The van der Waals surface area contributed by atoms with Gasteiger partial charge in [-0.15, -0.1) is 0 Å². The van der Waals surface area contributed by atoms with Gasteiger partial charge in [-0.2, -0.15) is 5.10 Å². The van der Waals surface area contributed by atoms with Gasteiger partial charge in [0.05, 0.1) is 17.6 Å². The quantitative estimate of drug-likeness (QED) is 0.467. The maximum Gasteiger partial charge on any atom is 0.307 e. The van der Waals surface area contributed by atoms with E-state index in [1.807, 2.05) is 0 Å². The smallest absolute Gasteiger partial charge is 0.307 e. The Morgan fingerprint density at radius 3 is 2.83 bits per heavy atom. The maximum absolute atomic E-state index is 12.4. The Bertz CT molecular complexity index is 584. The largest absolute Gasteiger partial charge is 0.376 e. The summed E-state index contributed by atoms with van der Waals surface area (Å²) in [5.74, 6) is 0.316. The molecule has 0 radical (unpaired) electrons. The summed E-state index contributed by atoms with van der Waals surface area (Å²) in [4.78, 5) is 22.6. The molecule has 1 heterocycles. The molecule has 1 fully saturated rings. The highest BCUT2D eigenvalue weighted by molar-refractivity contribution is 5.83. The van der Waals surface area contributed by atoms with Crippen molar-refractivity contribution in [3.8, 4) is 0 Å². The molecule has 0 bridgehead atoms. The van der Waals surface area contributed by atoms with Crippen LogP contribution in [0.3, 0.4) is 0 Å². The second kappa shape index (κ2) is 7.74. The zero-order chi connectivity index (χ0) is 17.7. The highest BCUT2D eigenvalue weighted by atomic mass is 16.6. The number of hydrogen-bond acceptors (Lipinski definition) is 5. The van der Waals surface area contributed by atoms with E-state index in [2.05, 4.69) is 17.3 Å². The van der Waals surface area contributed by atoms with Crippen molar-refractivity contribution in [3.05, 3.63) is 22.5 Å². The van der Waals surface area contributed by atoms with Gasteiger partial charge in [0.1, 0.15) is 17.9 Å². The molecule has 2 rings (SSSR count). The fourth-order valence-corrected chi connectivity index (χ4v) is 2.94. The molecule has 0 unspecified atom stereocenters. The Morgan fingerprint density at radius 1 is 1.50 bits per heavy atom. The molecule has 1 aromatic rings. The van der Waals surface area contributed by atoms with Crippen LogP contribution in [-0.4, -0.2) is 39.9 Å². The lowest BCUT2D eigenvalue weighted by Crippen LogP contribution is -2.46. The zero-order valence-corrected chi connectivity index (χ0v) is 14.5. The summed E-state index contributed by atoms with van der Waals surface area (Å²) < 4.78 is 7.18. The maximum atomic E-state index is 12.4. The standard InChI is InChI=1S/C16H26N4O4/c1-12-6-4-5-7-14(12)24-9-8-17-15(21)16(2,3)19-11-13(10-18-19)20(22)23/h10-12,14H,4-9H2,1-3H3,(H,17,21)/t12-,14-/m0/s1. The summed E-state index contributed by atoms with van der Waals surface area (Å²) in [5.41, 5.74) is -1.14. The normalized spacial score (nSPS) is 21.5. The van der Waals surface area contributed by atoms with E-state index < -0.39 is 10.5 Å². The SMILES string of the molecule is C[C@H]1CCCC[C@@H]1OCCNC(=O)C(C)(C)n1cc([N+](=O)[O-])cn1. The molecule has 1 aromatic heterocycles. The third-order valence-electron chi connectivity index (χ3n) is 4.66. The number of ether oxygens (including phenoxy) is 1. The number of rotatable bonds is 7. The first-order valence-electron chi connectivity index (χ1n) is 8.42. The van der Waals surface area contributed by atoms with Crippen molar-refractivity contribution in [2.45, 2.75) is 58.1 Å². The van der Waals surface area contributed by atoms with E-state index in [-0.39, 0.29) is 17.7 Å². The fourth-order valence-electron chi connectivity index (χ4n) is 2.94. The van der Waals surface area contributed by atoms with Gasteiger partial charge in [-0.1, -0.05) is 19.8 Å². The molecular weight excluding hydrogens is 312 g/mol. The Hall–Kier alpha value is -1.96. The van der Waals surface area contributed by atoms with Gasteiger partial charge in [0, 0.05) is 6.54 Å². The lowest BCUT2D eigenvalue weighted by molar-refractivity contribution is -0.385. The van der Waals surface area contributed by atoms with E-state index in [0.29, 0.717) is 19.1 Å². The highest BCUT2D eigenvalue weighted by Gasteiger charge is 2.31. The van der Waals surface area contributed by atoms with E-state index in [4.69, 9.17) is 4.74 Å². The number of aromatic nitrogens is 2. The van der Waals surface area contributed by atoms with Crippen LogP contribution < -0.4 is 5.32 Å².